The van der Waals surface area contributed by atoms with Crippen molar-refractivity contribution >= 4 is 17.4 Å². The van der Waals surface area contributed by atoms with Crippen LogP contribution in [-0.2, 0) is 0 Å². The maximum Gasteiger partial charge on any atom is 0.410 e. The lowest BCUT2D eigenvalue weighted by atomic mass is 10.0. The molecule has 0 saturated heterocycles. The highest BCUT2D eigenvalue weighted by Gasteiger charge is 2.47. The van der Waals surface area contributed by atoms with Crippen molar-refractivity contribution in [2.24, 2.45) is 0 Å². The summed E-state index contributed by atoms with van der Waals surface area (Å²) in [5.74, 6) is 0.296. The standard InChI is InChI=1S/C20H19F3N4O3/c1-2-29-15-7-4-3-6-12(15)25-19(28)14-11-18-24-13(16-8-5-9-30-16)10-17(20(21,22)23)27(18)26-14/h3-9,11,13,17,24H,2,10H2,1H3,(H,25,28). The molecule has 2 unspecified atom stereocenters. The van der Waals surface area contributed by atoms with Gasteiger partial charge >= 0.3 is 6.18 Å². The van der Waals surface area contributed by atoms with Crippen LogP contribution < -0.4 is 15.4 Å². The Kier molecular flexibility index (Phi) is 5.15. The van der Waals surface area contributed by atoms with E-state index in [0.29, 0.717) is 23.8 Å². The number of benzene rings is 1. The summed E-state index contributed by atoms with van der Waals surface area (Å²) in [6.07, 6.45) is -3.44. The molecule has 0 aliphatic carbocycles. The Balaban J connectivity index is 1.63. The third kappa shape index (κ3) is 3.85. The smallest absolute Gasteiger partial charge is 0.410 e. The SMILES string of the molecule is CCOc1ccccc1NC(=O)c1cc2n(n1)C(C(F)(F)F)CC(c1ccco1)N2. The van der Waals surface area contributed by atoms with E-state index in [2.05, 4.69) is 15.7 Å². The molecule has 30 heavy (non-hydrogen) atoms. The van der Waals surface area contributed by atoms with Crippen molar-refractivity contribution in [1.82, 2.24) is 9.78 Å². The molecule has 0 radical (unpaired) electrons. The highest BCUT2D eigenvalue weighted by molar-refractivity contribution is 6.04. The highest BCUT2D eigenvalue weighted by atomic mass is 19.4. The lowest BCUT2D eigenvalue weighted by Crippen LogP contribution is -2.35. The van der Waals surface area contributed by atoms with Gasteiger partial charge in [0.15, 0.2) is 11.7 Å². The summed E-state index contributed by atoms with van der Waals surface area (Å²) in [6, 6.07) is 8.73. The van der Waals surface area contributed by atoms with Gasteiger partial charge in [-0.3, -0.25) is 4.79 Å². The van der Waals surface area contributed by atoms with Crippen molar-refractivity contribution in [3.05, 3.63) is 60.2 Å². The molecule has 0 bridgehead atoms. The Morgan fingerprint density at radius 3 is 2.83 bits per heavy atom. The van der Waals surface area contributed by atoms with Gasteiger partial charge in [-0.15, -0.1) is 0 Å². The van der Waals surface area contributed by atoms with E-state index in [1.165, 1.54) is 12.3 Å². The second-order valence-electron chi connectivity index (χ2n) is 6.75. The van der Waals surface area contributed by atoms with Crippen molar-refractivity contribution < 1.29 is 27.1 Å². The van der Waals surface area contributed by atoms with Gasteiger partial charge in [-0.1, -0.05) is 12.1 Å². The zero-order valence-corrected chi connectivity index (χ0v) is 15.9. The number of hydrogen-bond donors (Lipinski definition) is 2. The number of carbonyl (C=O) groups excluding carboxylic acids is 1. The van der Waals surface area contributed by atoms with E-state index in [4.69, 9.17) is 9.15 Å². The fourth-order valence-corrected chi connectivity index (χ4v) is 3.40. The summed E-state index contributed by atoms with van der Waals surface area (Å²) in [7, 11) is 0. The molecule has 2 atom stereocenters. The van der Waals surface area contributed by atoms with E-state index in [0.717, 1.165) is 4.68 Å². The predicted octanol–water partition coefficient (Wildman–Crippen LogP) is 4.79. The summed E-state index contributed by atoms with van der Waals surface area (Å²) in [5, 5.41) is 9.56. The molecular formula is C20H19F3N4O3. The third-order valence-corrected chi connectivity index (χ3v) is 4.74. The molecule has 1 aliphatic heterocycles. The van der Waals surface area contributed by atoms with Gasteiger partial charge in [-0.25, -0.2) is 4.68 Å². The average Bonchev–Trinajstić information content (AvgIpc) is 3.38. The van der Waals surface area contributed by atoms with E-state index in [1.807, 2.05) is 0 Å². The topological polar surface area (TPSA) is 81.3 Å². The van der Waals surface area contributed by atoms with Crippen LogP contribution in [0.2, 0.25) is 0 Å². The zero-order valence-electron chi connectivity index (χ0n) is 15.9. The van der Waals surface area contributed by atoms with Gasteiger partial charge in [0.2, 0.25) is 0 Å². The molecule has 0 fully saturated rings. The van der Waals surface area contributed by atoms with E-state index < -0.39 is 24.2 Å². The van der Waals surface area contributed by atoms with Crippen LogP contribution in [0.25, 0.3) is 0 Å². The van der Waals surface area contributed by atoms with Gasteiger partial charge < -0.3 is 19.8 Å². The summed E-state index contributed by atoms with van der Waals surface area (Å²) in [5.41, 5.74) is 0.266. The molecule has 2 N–H and O–H groups in total. The molecule has 1 aliphatic rings. The Hall–Kier alpha value is -3.43. The minimum atomic E-state index is -4.54. The summed E-state index contributed by atoms with van der Waals surface area (Å²) >= 11 is 0. The zero-order chi connectivity index (χ0) is 21.3. The van der Waals surface area contributed by atoms with Crippen LogP contribution in [0, 0.1) is 0 Å². The normalized spacial score (nSPS) is 18.4. The van der Waals surface area contributed by atoms with Gasteiger partial charge in [0, 0.05) is 12.5 Å². The van der Waals surface area contributed by atoms with Gasteiger partial charge in [0.05, 0.1) is 24.6 Å². The van der Waals surface area contributed by atoms with Crippen molar-refractivity contribution in [1.29, 1.82) is 0 Å². The summed E-state index contributed by atoms with van der Waals surface area (Å²) in [4.78, 5) is 12.7. The highest BCUT2D eigenvalue weighted by Crippen LogP contribution is 2.43. The molecule has 7 nitrogen and oxygen atoms in total. The second-order valence-corrected chi connectivity index (χ2v) is 6.75. The molecule has 0 spiro atoms. The predicted molar refractivity (Wildman–Crippen MR) is 103 cm³/mol. The number of halogens is 3. The van der Waals surface area contributed by atoms with Gasteiger partial charge in [0.1, 0.15) is 17.3 Å². The molecule has 1 aromatic carbocycles. The van der Waals surface area contributed by atoms with Crippen molar-refractivity contribution in [2.45, 2.75) is 31.6 Å². The van der Waals surface area contributed by atoms with E-state index in [1.54, 1.807) is 43.3 Å². The van der Waals surface area contributed by atoms with Crippen LogP contribution >= 0.6 is 0 Å². The fourth-order valence-electron chi connectivity index (χ4n) is 3.40. The van der Waals surface area contributed by atoms with E-state index in [9.17, 15) is 18.0 Å². The fraction of sp³-hybridized carbons (Fsp3) is 0.300. The number of furan rings is 1. The van der Waals surface area contributed by atoms with Gasteiger partial charge in [-0.05, 0) is 31.2 Å². The van der Waals surface area contributed by atoms with Crippen LogP contribution in [0.3, 0.4) is 0 Å². The molecule has 3 heterocycles. The first-order valence-electron chi connectivity index (χ1n) is 9.36. The van der Waals surface area contributed by atoms with Crippen LogP contribution in [0.15, 0.2) is 53.1 Å². The number of fused-ring (bicyclic) bond motifs is 1. The number of para-hydroxylation sites is 2. The largest absolute Gasteiger partial charge is 0.492 e. The van der Waals surface area contributed by atoms with Crippen LogP contribution in [0.4, 0.5) is 24.7 Å². The van der Waals surface area contributed by atoms with Crippen LogP contribution in [0.5, 0.6) is 5.75 Å². The number of hydrogen-bond acceptors (Lipinski definition) is 5. The molecular weight excluding hydrogens is 401 g/mol. The van der Waals surface area contributed by atoms with Gasteiger partial charge in [-0.2, -0.15) is 18.3 Å². The van der Waals surface area contributed by atoms with Crippen molar-refractivity contribution in [2.75, 3.05) is 17.2 Å². The number of nitrogens with one attached hydrogen (secondary N) is 2. The molecule has 158 valence electrons. The van der Waals surface area contributed by atoms with Crippen LogP contribution in [0.1, 0.15) is 41.7 Å². The number of alkyl halides is 3. The lowest BCUT2D eigenvalue weighted by Gasteiger charge is -2.32. The summed E-state index contributed by atoms with van der Waals surface area (Å²) < 4.78 is 52.6. The number of aromatic nitrogens is 2. The number of anilines is 2. The Labute approximate surface area is 169 Å². The van der Waals surface area contributed by atoms with Crippen molar-refractivity contribution in [3.63, 3.8) is 0 Å². The summed E-state index contributed by atoms with van der Waals surface area (Å²) in [6.45, 7) is 2.21. The number of rotatable bonds is 5. The molecule has 0 saturated carbocycles. The third-order valence-electron chi connectivity index (χ3n) is 4.74. The Bertz CT molecular complexity index is 1030. The number of amides is 1. The number of carbonyl (C=O) groups is 1. The first kappa shape index (κ1) is 19.9. The van der Waals surface area contributed by atoms with E-state index in [-0.39, 0.29) is 17.9 Å². The van der Waals surface area contributed by atoms with Crippen LogP contribution in [-0.4, -0.2) is 28.5 Å². The average molecular weight is 420 g/mol. The molecule has 4 rings (SSSR count). The monoisotopic (exact) mass is 420 g/mol. The Morgan fingerprint density at radius 1 is 1.33 bits per heavy atom. The lowest BCUT2D eigenvalue weighted by molar-refractivity contribution is -0.174. The molecule has 10 heteroatoms. The Morgan fingerprint density at radius 2 is 2.13 bits per heavy atom. The first-order chi connectivity index (χ1) is 14.4. The quantitative estimate of drug-likeness (QED) is 0.621. The number of nitrogens with zero attached hydrogens (tertiary/aromatic N) is 2. The number of ether oxygens (including phenoxy) is 1. The molecule has 1 amide bonds. The molecule has 2 aromatic heterocycles. The van der Waals surface area contributed by atoms with Crippen molar-refractivity contribution in [3.8, 4) is 5.75 Å². The first-order valence-corrected chi connectivity index (χ1v) is 9.36. The minimum Gasteiger partial charge on any atom is -0.492 e. The van der Waals surface area contributed by atoms with E-state index >= 15 is 0 Å². The maximum atomic E-state index is 13.7. The molecule has 3 aromatic rings. The maximum absolute atomic E-state index is 13.7. The second kappa shape index (κ2) is 7.77. The minimum absolute atomic E-state index is 0.0909. The van der Waals surface area contributed by atoms with Gasteiger partial charge in [0.25, 0.3) is 5.91 Å².